The number of hydrogen-bond acceptors (Lipinski definition) is 3. The van der Waals surface area contributed by atoms with Crippen molar-refractivity contribution in [2.24, 2.45) is 16.7 Å². The van der Waals surface area contributed by atoms with E-state index in [1.807, 2.05) is 13.1 Å². The molecule has 1 atom stereocenters. The van der Waals surface area contributed by atoms with Crippen LogP contribution >= 0.6 is 0 Å². The largest absolute Gasteiger partial charge is 0.492 e. The second-order valence-electron chi connectivity index (χ2n) is 7.24. The van der Waals surface area contributed by atoms with E-state index < -0.39 is 0 Å². The first-order chi connectivity index (χ1) is 9.86. The van der Waals surface area contributed by atoms with Crippen molar-refractivity contribution in [3.05, 3.63) is 24.0 Å². The molecule has 0 radical (unpaired) electrons. The number of ether oxygens (including phenoxy) is 1. The number of nitrogens with zero attached hydrogens (tertiary/aromatic N) is 1. The van der Waals surface area contributed by atoms with Crippen LogP contribution in [-0.4, -0.2) is 18.1 Å². The van der Waals surface area contributed by atoms with Crippen molar-refractivity contribution in [3.63, 3.8) is 0 Å². The molecular weight excluding hydrogens is 260 g/mol. The van der Waals surface area contributed by atoms with Crippen LogP contribution in [0.4, 0.5) is 0 Å². The summed E-state index contributed by atoms with van der Waals surface area (Å²) in [7, 11) is 0. The topological polar surface area (TPSA) is 34.2 Å². The van der Waals surface area contributed by atoms with E-state index in [1.54, 1.807) is 6.20 Å². The Balaban J connectivity index is 2.27. The van der Waals surface area contributed by atoms with Gasteiger partial charge in [-0.1, -0.05) is 34.6 Å². The second-order valence-corrected chi connectivity index (χ2v) is 7.24. The molecule has 1 aromatic rings. The van der Waals surface area contributed by atoms with Crippen molar-refractivity contribution >= 4 is 0 Å². The molecule has 118 valence electrons. The maximum absolute atomic E-state index is 5.61. The highest BCUT2D eigenvalue weighted by Gasteiger charge is 2.67. The molecule has 3 heteroatoms. The fourth-order valence-electron chi connectivity index (χ4n) is 3.66. The van der Waals surface area contributed by atoms with Gasteiger partial charge in [-0.2, -0.15) is 0 Å². The van der Waals surface area contributed by atoms with Gasteiger partial charge in [0.25, 0.3) is 0 Å². The van der Waals surface area contributed by atoms with Gasteiger partial charge in [-0.05, 0) is 48.3 Å². The van der Waals surface area contributed by atoms with Gasteiger partial charge >= 0.3 is 0 Å². The van der Waals surface area contributed by atoms with Crippen LogP contribution in [0.1, 0.15) is 59.6 Å². The Labute approximate surface area is 129 Å². The Morgan fingerprint density at radius 1 is 1.19 bits per heavy atom. The lowest BCUT2D eigenvalue weighted by Gasteiger charge is -2.21. The first kappa shape index (κ1) is 16.3. The molecule has 2 rings (SSSR count). The first-order valence-electron chi connectivity index (χ1n) is 8.17. The zero-order chi connectivity index (χ0) is 15.7. The summed E-state index contributed by atoms with van der Waals surface area (Å²) in [6.07, 6.45) is 4.93. The molecule has 1 heterocycles. The molecule has 1 N–H and O–H groups in total. The normalized spacial score (nSPS) is 21.0. The maximum atomic E-state index is 5.61. The average molecular weight is 290 g/mol. The summed E-state index contributed by atoms with van der Waals surface area (Å²) in [4.78, 5) is 4.37. The lowest BCUT2D eigenvalue weighted by molar-refractivity contribution is 0.336. The van der Waals surface area contributed by atoms with E-state index in [1.165, 1.54) is 5.56 Å². The van der Waals surface area contributed by atoms with Crippen LogP contribution in [0.25, 0.3) is 0 Å². The minimum Gasteiger partial charge on any atom is -0.492 e. The van der Waals surface area contributed by atoms with Crippen molar-refractivity contribution in [1.82, 2.24) is 10.3 Å². The van der Waals surface area contributed by atoms with E-state index in [4.69, 9.17) is 4.74 Å². The van der Waals surface area contributed by atoms with Crippen LogP contribution in [-0.2, 0) is 0 Å². The molecule has 1 aliphatic carbocycles. The van der Waals surface area contributed by atoms with Gasteiger partial charge in [0.1, 0.15) is 5.75 Å². The Kier molecular flexibility index (Phi) is 4.62. The van der Waals surface area contributed by atoms with Crippen LogP contribution in [0.5, 0.6) is 5.75 Å². The van der Waals surface area contributed by atoms with E-state index in [0.717, 1.165) is 18.7 Å². The third-order valence-electron chi connectivity index (χ3n) is 5.48. The van der Waals surface area contributed by atoms with Crippen molar-refractivity contribution in [2.75, 3.05) is 13.2 Å². The van der Waals surface area contributed by atoms with Crippen molar-refractivity contribution in [3.8, 4) is 5.75 Å². The lowest BCUT2D eigenvalue weighted by Crippen LogP contribution is -2.26. The highest BCUT2D eigenvalue weighted by atomic mass is 16.5. The minimum absolute atomic E-state index is 0.347. The second kappa shape index (κ2) is 5.96. The molecule has 1 aliphatic rings. The number of hydrogen-bond donors (Lipinski definition) is 1. The van der Waals surface area contributed by atoms with Crippen molar-refractivity contribution < 1.29 is 4.74 Å². The van der Waals surface area contributed by atoms with Gasteiger partial charge in [0, 0.05) is 12.2 Å². The smallest absolute Gasteiger partial charge is 0.137 e. The van der Waals surface area contributed by atoms with E-state index in [9.17, 15) is 0 Å². The molecule has 1 saturated carbocycles. The molecule has 0 bridgehead atoms. The minimum atomic E-state index is 0.347. The Morgan fingerprint density at radius 3 is 2.38 bits per heavy atom. The number of aromatic nitrogens is 1. The summed E-state index contributed by atoms with van der Waals surface area (Å²) in [6, 6.07) is 2.50. The molecule has 0 saturated heterocycles. The Bertz CT molecular complexity index is 468. The molecule has 3 nitrogen and oxygen atoms in total. The number of pyridine rings is 1. The monoisotopic (exact) mass is 290 g/mol. The molecule has 1 aromatic heterocycles. The molecule has 1 unspecified atom stereocenters. The van der Waals surface area contributed by atoms with E-state index in [2.05, 4.69) is 51.0 Å². The summed E-state index contributed by atoms with van der Waals surface area (Å²) in [5.74, 6) is 1.49. The van der Waals surface area contributed by atoms with Crippen LogP contribution in [0.3, 0.4) is 0 Å². The first-order valence-corrected chi connectivity index (χ1v) is 8.17. The molecule has 0 spiro atoms. The van der Waals surface area contributed by atoms with Gasteiger partial charge < -0.3 is 10.1 Å². The Morgan fingerprint density at radius 2 is 1.86 bits per heavy atom. The lowest BCUT2D eigenvalue weighted by atomic mass is 9.97. The predicted octanol–water partition coefficient (Wildman–Crippen LogP) is 4.20. The van der Waals surface area contributed by atoms with E-state index >= 15 is 0 Å². The SMILES string of the molecule is CCCNC(c1cncc(OCC)c1)C1C(C)(C)C1(C)C. The molecule has 0 aromatic carbocycles. The molecular formula is C18H30N2O. The molecule has 0 amide bonds. The number of nitrogens with one attached hydrogen (secondary N) is 1. The van der Waals surface area contributed by atoms with Crippen LogP contribution in [0, 0.1) is 16.7 Å². The molecule has 21 heavy (non-hydrogen) atoms. The van der Waals surface area contributed by atoms with E-state index in [0.29, 0.717) is 29.4 Å². The zero-order valence-electron chi connectivity index (χ0n) is 14.4. The fraction of sp³-hybridized carbons (Fsp3) is 0.722. The van der Waals surface area contributed by atoms with Crippen molar-refractivity contribution in [2.45, 2.75) is 54.0 Å². The fourth-order valence-corrected chi connectivity index (χ4v) is 3.66. The highest BCUT2D eigenvalue weighted by molar-refractivity contribution is 5.30. The van der Waals surface area contributed by atoms with Gasteiger partial charge in [0.15, 0.2) is 0 Å². The maximum Gasteiger partial charge on any atom is 0.137 e. The van der Waals surface area contributed by atoms with Gasteiger partial charge in [-0.15, -0.1) is 0 Å². The quantitative estimate of drug-likeness (QED) is 0.817. The highest BCUT2D eigenvalue weighted by Crippen LogP contribution is 2.72. The van der Waals surface area contributed by atoms with Gasteiger partial charge in [0.2, 0.25) is 0 Å². The predicted molar refractivity (Wildman–Crippen MR) is 87.5 cm³/mol. The van der Waals surface area contributed by atoms with Gasteiger partial charge in [-0.25, -0.2) is 0 Å². The standard InChI is InChI=1S/C18H30N2O/c1-7-9-20-15(16-17(3,4)18(16,5)6)13-10-14(21-8-2)12-19-11-13/h10-12,15-16,20H,7-9H2,1-6H3. The summed E-state index contributed by atoms with van der Waals surface area (Å²) >= 11 is 0. The Hall–Kier alpha value is -1.09. The van der Waals surface area contributed by atoms with Gasteiger partial charge in [0.05, 0.1) is 12.8 Å². The average Bonchev–Trinajstić information content (AvgIpc) is 2.83. The van der Waals surface area contributed by atoms with Gasteiger partial charge in [-0.3, -0.25) is 4.98 Å². The van der Waals surface area contributed by atoms with Crippen LogP contribution in [0.2, 0.25) is 0 Å². The third kappa shape index (κ3) is 2.94. The molecule has 1 fully saturated rings. The summed E-state index contributed by atoms with van der Waals surface area (Å²) in [6.45, 7) is 15.4. The van der Waals surface area contributed by atoms with E-state index in [-0.39, 0.29) is 0 Å². The summed E-state index contributed by atoms with van der Waals surface area (Å²) < 4.78 is 5.61. The summed E-state index contributed by atoms with van der Waals surface area (Å²) in [5.41, 5.74) is 1.94. The summed E-state index contributed by atoms with van der Waals surface area (Å²) in [5, 5.41) is 3.73. The van der Waals surface area contributed by atoms with Crippen LogP contribution < -0.4 is 10.1 Å². The zero-order valence-corrected chi connectivity index (χ0v) is 14.4. The van der Waals surface area contributed by atoms with Crippen molar-refractivity contribution in [1.29, 1.82) is 0 Å². The third-order valence-corrected chi connectivity index (χ3v) is 5.48. The molecule has 0 aliphatic heterocycles. The van der Waals surface area contributed by atoms with Crippen LogP contribution in [0.15, 0.2) is 18.5 Å². The number of rotatable bonds is 7.